The van der Waals surface area contributed by atoms with Gasteiger partial charge in [-0.3, -0.25) is 0 Å². The molecule has 0 rings (SSSR count). The molecule has 0 radical (unpaired) electrons. The predicted octanol–water partition coefficient (Wildman–Crippen LogP) is 4.97. The van der Waals surface area contributed by atoms with Gasteiger partial charge in [0.05, 0.1) is 0 Å². The van der Waals surface area contributed by atoms with Crippen molar-refractivity contribution >= 4 is 0 Å². The molecule has 0 saturated heterocycles. The highest BCUT2D eigenvalue weighted by atomic mass is 14.3. The lowest BCUT2D eigenvalue weighted by molar-refractivity contribution is 0.242. The third kappa shape index (κ3) is 6.01. The van der Waals surface area contributed by atoms with Gasteiger partial charge < -0.3 is 0 Å². The van der Waals surface area contributed by atoms with E-state index in [0.717, 1.165) is 12.8 Å². The maximum Gasteiger partial charge on any atom is -0.0302 e. The maximum atomic E-state index is 3.81. The van der Waals surface area contributed by atoms with Crippen molar-refractivity contribution in [3.05, 3.63) is 25.3 Å². The van der Waals surface area contributed by atoms with Gasteiger partial charge in [0.25, 0.3) is 0 Å². The van der Waals surface area contributed by atoms with E-state index >= 15 is 0 Å². The van der Waals surface area contributed by atoms with Crippen molar-refractivity contribution in [2.24, 2.45) is 10.8 Å². The zero-order valence-electron chi connectivity index (χ0n) is 10.4. The summed E-state index contributed by atoms with van der Waals surface area (Å²) in [5.74, 6) is 0. The molecule has 0 heterocycles. The van der Waals surface area contributed by atoms with Crippen LogP contribution >= 0.6 is 0 Å². The summed E-state index contributed by atoms with van der Waals surface area (Å²) in [7, 11) is 0. The number of hydrogen-bond acceptors (Lipinski definition) is 0. The van der Waals surface area contributed by atoms with Gasteiger partial charge in [0.15, 0.2) is 0 Å². The Kier molecular flexibility index (Phi) is 5.18. The smallest absolute Gasteiger partial charge is 0.0302 e. The van der Waals surface area contributed by atoms with E-state index < -0.39 is 0 Å². The first-order valence-corrected chi connectivity index (χ1v) is 5.55. The van der Waals surface area contributed by atoms with Crippen LogP contribution in [0, 0.1) is 10.8 Å². The van der Waals surface area contributed by atoms with Crippen LogP contribution in [-0.2, 0) is 0 Å². The van der Waals surface area contributed by atoms with Gasteiger partial charge in [-0.05, 0) is 36.5 Å². The summed E-state index contributed by atoms with van der Waals surface area (Å²) in [6.07, 6.45) is 8.80. The largest absolute Gasteiger partial charge is 0.103 e. The van der Waals surface area contributed by atoms with Crippen LogP contribution in [-0.4, -0.2) is 0 Å². The lowest BCUT2D eigenvalue weighted by atomic mass is 9.76. The van der Waals surface area contributed by atoms with Crippen molar-refractivity contribution in [1.29, 1.82) is 0 Å². The summed E-state index contributed by atoms with van der Waals surface area (Å²) in [6, 6.07) is 0. The van der Waals surface area contributed by atoms with Gasteiger partial charge in [-0.1, -0.05) is 39.8 Å². The molecular weight excluding hydrogens is 168 g/mol. The van der Waals surface area contributed by atoms with E-state index in [1.54, 1.807) is 0 Å². The Labute approximate surface area is 90.1 Å². The number of rotatable bonds is 7. The van der Waals surface area contributed by atoms with E-state index in [1.807, 2.05) is 12.2 Å². The minimum Gasteiger partial charge on any atom is -0.103 e. The van der Waals surface area contributed by atoms with Gasteiger partial charge in [-0.15, -0.1) is 13.2 Å². The Morgan fingerprint density at radius 2 is 1.07 bits per heavy atom. The molecule has 0 spiro atoms. The number of allylic oxidation sites excluding steroid dienone is 2. The molecule has 0 aromatic rings. The first kappa shape index (κ1) is 13.5. The SMILES string of the molecule is C=CCC(C)(C)CCC(C)(C)CC=C. The number of hydrogen-bond donors (Lipinski definition) is 0. The summed E-state index contributed by atoms with van der Waals surface area (Å²) < 4.78 is 0. The Morgan fingerprint density at radius 1 is 0.786 bits per heavy atom. The lowest BCUT2D eigenvalue weighted by Gasteiger charge is -2.29. The van der Waals surface area contributed by atoms with E-state index in [0.29, 0.717) is 10.8 Å². The van der Waals surface area contributed by atoms with Crippen molar-refractivity contribution in [2.45, 2.75) is 53.4 Å². The topological polar surface area (TPSA) is 0 Å². The summed E-state index contributed by atoms with van der Waals surface area (Å²) in [5.41, 5.74) is 0.806. The molecule has 0 aliphatic carbocycles. The second kappa shape index (κ2) is 5.38. The summed E-state index contributed by atoms with van der Waals surface area (Å²) in [4.78, 5) is 0. The molecule has 0 fully saturated rings. The predicted molar refractivity (Wildman–Crippen MR) is 66.4 cm³/mol. The fraction of sp³-hybridized carbons (Fsp3) is 0.714. The van der Waals surface area contributed by atoms with E-state index in [9.17, 15) is 0 Å². The van der Waals surface area contributed by atoms with E-state index in [2.05, 4.69) is 40.9 Å². The van der Waals surface area contributed by atoms with Crippen LogP contribution in [0.3, 0.4) is 0 Å². The second-order valence-corrected chi connectivity index (χ2v) is 5.81. The molecule has 0 aromatic heterocycles. The highest BCUT2D eigenvalue weighted by molar-refractivity contribution is 4.84. The molecule has 82 valence electrons. The molecule has 0 aromatic carbocycles. The standard InChI is InChI=1S/C14H26/c1-7-9-13(3,4)11-12-14(5,6)10-8-2/h7-8H,1-2,9-12H2,3-6H3. The van der Waals surface area contributed by atoms with Crippen molar-refractivity contribution in [3.63, 3.8) is 0 Å². The molecular formula is C14H26. The third-order valence-corrected chi connectivity index (χ3v) is 2.87. The van der Waals surface area contributed by atoms with Crippen LogP contribution in [0.1, 0.15) is 53.4 Å². The van der Waals surface area contributed by atoms with Crippen LogP contribution in [0.2, 0.25) is 0 Å². The average molecular weight is 194 g/mol. The van der Waals surface area contributed by atoms with Crippen molar-refractivity contribution in [3.8, 4) is 0 Å². The molecule has 0 atom stereocenters. The molecule has 0 aliphatic rings. The molecule has 0 bridgehead atoms. The summed E-state index contributed by atoms with van der Waals surface area (Å²) >= 11 is 0. The first-order valence-electron chi connectivity index (χ1n) is 5.55. The Balaban J connectivity index is 4.02. The lowest BCUT2D eigenvalue weighted by Crippen LogP contribution is -2.17. The normalized spacial score (nSPS) is 12.6. The van der Waals surface area contributed by atoms with Gasteiger partial charge in [-0.25, -0.2) is 0 Å². The fourth-order valence-corrected chi connectivity index (χ4v) is 1.66. The van der Waals surface area contributed by atoms with E-state index in [1.165, 1.54) is 12.8 Å². The van der Waals surface area contributed by atoms with E-state index in [4.69, 9.17) is 0 Å². The molecule has 0 aliphatic heterocycles. The maximum absolute atomic E-state index is 3.81. The molecule has 0 saturated carbocycles. The van der Waals surface area contributed by atoms with Gasteiger partial charge >= 0.3 is 0 Å². The molecule has 14 heavy (non-hydrogen) atoms. The third-order valence-electron chi connectivity index (χ3n) is 2.87. The van der Waals surface area contributed by atoms with Crippen LogP contribution in [0.25, 0.3) is 0 Å². The highest BCUT2D eigenvalue weighted by Gasteiger charge is 2.22. The van der Waals surface area contributed by atoms with Crippen molar-refractivity contribution < 1.29 is 0 Å². The minimum absolute atomic E-state index is 0.403. The Hall–Kier alpha value is -0.520. The molecule has 0 amide bonds. The van der Waals surface area contributed by atoms with Gasteiger partial charge in [0.2, 0.25) is 0 Å². The zero-order valence-corrected chi connectivity index (χ0v) is 10.4. The highest BCUT2D eigenvalue weighted by Crippen LogP contribution is 2.35. The summed E-state index contributed by atoms with van der Waals surface area (Å²) in [6.45, 7) is 16.9. The van der Waals surface area contributed by atoms with Crippen LogP contribution in [0.4, 0.5) is 0 Å². The fourth-order valence-electron chi connectivity index (χ4n) is 1.66. The first-order chi connectivity index (χ1) is 6.33. The quantitative estimate of drug-likeness (QED) is 0.502. The van der Waals surface area contributed by atoms with Crippen molar-refractivity contribution in [1.82, 2.24) is 0 Å². The van der Waals surface area contributed by atoms with Crippen LogP contribution < -0.4 is 0 Å². The monoisotopic (exact) mass is 194 g/mol. The van der Waals surface area contributed by atoms with Gasteiger partial charge in [-0.2, -0.15) is 0 Å². The molecule has 0 nitrogen and oxygen atoms in total. The minimum atomic E-state index is 0.403. The van der Waals surface area contributed by atoms with Crippen molar-refractivity contribution in [2.75, 3.05) is 0 Å². The zero-order chi connectivity index (χ0) is 11.2. The molecule has 0 N–H and O–H groups in total. The molecule has 0 unspecified atom stereocenters. The Bertz CT molecular complexity index is 162. The van der Waals surface area contributed by atoms with Crippen LogP contribution in [0.15, 0.2) is 25.3 Å². The van der Waals surface area contributed by atoms with Gasteiger partial charge in [0.1, 0.15) is 0 Å². The molecule has 0 heteroatoms. The van der Waals surface area contributed by atoms with E-state index in [-0.39, 0.29) is 0 Å². The van der Waals surface area contributed by atoms with Crippen LogP contribution in [0.5, 0.6) is 0 Å². The van der Waals surface area contributed by atoms with Gasteiger partial charge in [0, 0.05) is 0 Å². The Morgan fingerprint density at radius 3 is 1.29 bits per heavy atom. The summed E-state index contributed by atoms with van der Waals surface area (Å²) in [5, 5.41) is 0. The second-order valence-electron chi connectivity index (χ2n) is 5.81. The average Bonchev–Trinajstić information content (AvgIpc) is 2.01.